The predicted molar refractivity (Wildman–Crippen MR) is 90.8 cm³/mol. The number of hydrogen-bond acceptors (Lipinski definition) is 2. The Balaban J connectivity index is 1.91. The molecule has 1 fully saturated rings. The highest BCUT2D eigenvalue weighted by Gasteiger charge is 2.17. The summed E-state index contributed by atoms with van der Waals surface area (Å²) < 4.78 is 0. The Kier molecular flexibility index (Phi) is 4.38. The molecule has 0 radical (unpaired) electrons. The molecule has 0 amide bonds. The molecule has 0 unspecified atom stereocenters. The van der Waals surface area contributed by atoms with E-state index in [9.17, 15) is 4.79 Å². The second kappa shape index (κ2) is 6.61. The van der Waals surface area contributed by atoms with Crippen molar-refractivity contribution in [1.29, 1.82) is 0 Å². The molecule has 2 aromatic rings. The van der Waals surface area contributed by atoms with Gasteiger partial charge in [-0.1, -0.05) is 54.6 Å². The molecule has 0 spiro atoms. The lowest BCUT2D eigenvalue weighted by molar-refractivity contribution is 0.103. The van der Waals surface area contributed by atoms with Crippen molar-refractivity contribution in [2.45, 2.75) is 19.8 Å². The van der Waals surface area contributed by atoms with Gasteiger partial charge in [-0.25, -0.2) is 0 Å². The quantitative estimate of drug-likeness (QED) is 0.779. The second-order valence-electron chi connectivity index (χ2n) is 5.64. The number of allylic oxidation sites excluding steroid dienone is 1. The lowest BCUT2D eigenvalue weighted by Gasteiger charge is -2.22. The molecule has 0 bridgehead atoms. The number of rotatable bonds is 4. The highest BCUT2D eigenvalue weighted by Crippen LogP contribution is 2.25. The molecule has 1 saturated heterocycles. The summed E-state index contributed by atoms with van der Waals surface area (Å²) in [6.07, 6.45) is 4.65. The van der Waals surface area contributed by atoms with Gasteiger partial charge in [-0.2, -0.15) is 0 Å². The third-order valence-electron chi connectivity index (χ3n) is 4.18. The van der Waals surface area contributed by atoms with Crippen molar-refractivity contribution in [2.24, 2.45) is 0 Å². The monoisotopic (exact) mass is 291 g/mol. The van der Waals surface area contributed by atoms with Crippen molar-refractivity contribution in [3.8, 4) is 0 Å². The van der Waals surface area contributed by atoms with Gasteiger partial charge in [-0.15, -0.1) is 0 Å². The van der Waals surface area contributed by atoms with Crippen LogP contribution in [0.4, 0.5) is 0 Å². The maximum atomic E-state index is 12.6. The number of carbonyl (C=O) groups is 1. The van der Waals surface area contributed by atoms with Gasteiger partial charge in [-0.3, -0.25) is 4.79 Å². The van der Waals surface area contributed by atoms with E-state index in [-0.39, 0.29) is 5.78 Å². The molecule has 2 nitrogen and oxygen atoms in total. The minimum absolute atomic E-state index is 0.0827. The fourth-order valence-electron chi connectivity index (χ4n) is 3.07. The fourth-order valence-corrected chi connectivity index (χ4v) is 3.07. The zero-order valence-corrected chi connectivity index (χ0v) is 13.0. The summed E-state index contributed by atoms with van der Waals surface area (Å²) in [6, 6.07) is 17.5. The van der Waals surface area contributed by atoms with E-state index in [4.69, 9.17) is 0 Å². The van der Waals surface area contributed by atoms with Gasteiger partial charge in [0.1, 0.15) is 0 Å². The van der Waals surface area contributed by atoms with Crippen LogP contribution in [0.1, 0.15) is 41.3 Å². The van der Waals surface area contributed by atoms with Crippen LogP contribution in [-0.4, -0.2) is 23.8 Å². The zero-order valence-electron chi connectivity index (χ0n) is 13.0. The van der Waals surface area contributed by atoms with Crippen LogP contribution in [0.3, 0.4) is 0 Å². The first-order valence-corrected chi connectivity index (χ1v) is 7.91. The van der Waals surface area contributed by atoms with Crippen LogP contribution in [0.5, 0.6) is 0 Å². The van der Waals surface area contributed by atoms with Crippen LogP contribution < -0.4 is 0 Å². The largest absolute Gasteiger partial charge is 0.371 e. The predicted octanol–water partition coefficient (Wildman–Crippen LogP) is 4.37. The summed E-state index contributed by atoms with van der Waals surface area (Å²) in [7, 11) is 0. The first-order valence-electron chi connectivity index (χ1n) is 7.91. The molecule has 0 saturated carbocycles. The van der Waals surface area contributed by atoms with Gasteiger partial charge < -0.3 is 4.90 Å². The topological polar surface area (TPSA) is 20.3 Å². The maximum absolute atomic E-state index is 12.6. The normalized spacial score (nSPS) is 15.1. The highest BCUT2D eigenvalue weighted by atomic mass is 16.1. The summed E-state index contributed by atoms with van der Waals surface area (Å²) >= 11 is 0. The highest BCUT2D eigenvalue weighted by molar-refractivity contribution is 6.09. The molecule has 0 N–H and O–H groups in total. The number of likely N-dealkylation sites (tertiary alicyclic amines) is 1. The molecule has 1 aliphatic rings. The van der Waals surface area contributed by atoms with Crippen LogP contribution in [-0.2, 0) is 0 Å². The molecule has 0 aliphatic carbocycles. The van der Waals surface area contributed by atoms with Crippen molar-refractivity contribution in [1.82, 2.24) is 4.90 Å². The molecule has 1 heterocycles. The van der Waals surface area contributed by atoms with Gasteiger partial charge in [0.2, 0.25) is 0 Å². The number of benzene rings is 2. The van der Waals surface area contributed by atoms with E-state index < -0.39 is 0 Å². The smallest absolute Gasteiger partial charge is 0.193 e. The van der Waals surface area contributed by atoms with Crippen molar-refractivity contribution >= 4 is 11.5 Å². The van der Waals surface area contributed by atoms with Crippen molar-refractivity contribution < 1.29 is 4.79 Å². The van der Waals surface area contributed by atoms with Crippen LogP contribution in [0.2, 0.25) is 0 Å². The molecule has 3 rings (SSSR count). The third kappa shape index (κ3) is 2.96. The van der Waals surface area contributed by atoms with Crippen LogP contribution in [0.15, 0.2) is 60.7 Å². The van der Waals surface area contributed by atoms with Crippen molar-refractivity contribution in [3.05, 3.63) is 77.4 Å². The lowest BCUT2D eigenvalue weighted by Crippen LogP contribution is -2.17. The van der Waals surface area contributed by atoms with E-state index in [1.54, 1.807) is 0 Å². The fraction of sp³-hybridized carbons (Fsp3) is 0.250. The van der Waals surface area contributed by atoms with Gasteiger partial charge in [0, 0.05) is 29.9 Å². The van der Waals surface area contributed by atoms with Crippen LogP contribution in [0, 0.1) is 0 Å². The van der Waals surface area contributed by atoms with E-state index in [1.807, 2.05) is 48.5 Å². The molecule has 22 heavy (non-hydrogen) atoms. The molecule has 0 atom stereocenters. The summed E-state index contributed by atoms with van der Waals surface area (Å²) in [6.45, 7) is 4.28. The lowest BCUT2D eigenvalue weighted by atomic mass is 10.00. The number of carbonyl (C=O) groups excluding carboxylic acids is 1. The molecular weight excluding hydrogens is 270 g/mol. The van der Waals surface area contributed by atoms with E-state index in [1.165, 1.54) is 18.5 Å². The third-order valence-corrected chi connectivity index (χ3v) is 4.18. The standard InChI is InChI=1S/C20H21NO/c1-2-19(21-13-6-7-14-21)17-11-8-12-18(15-17)20(22)16-9-4-3-5-10-16/h2-5,8-12,15H,6-7,13-14H2,1H3/b19-2+. The zero-order chi connectivity index (χ0) is 15.4. The number of nitrogens with zero attached hydrogens (tertiary/aromatic N) is 1. The Morgan fingerprint density at radius 2 is 1.55 bits per heavy atom. The van der Waals surface area contributed by atoms with Crippen molar-refractivity contribution in [3.63, 3.8) is 0 Å². The van der Waals surface area contributed by atoms with Crippen LogP contribution in [0.25, 0.3) is 5.70 Å². The minimum atomic E-state index is 0.0827. The van der Waals surface area contributed by atoms with E-state index in [2.05, 4.69) is 24.0 Å². The van der Waals surface area contributed by atoms with Gasteiger partial charge >= 0.3 is 0 Å². The molecular formula is C20H21NO. The molecule has 2 aromatic carbocycles. The van der Waals surface area contributed by atoms with E-state index >= 15 is 0 Å². The average molecular weight is 291 g/mol. The second-order valence-corrected chi connectivity index (χ2v) is 5.64. The van der Waals surface area contributed by atoms with Gasteiger partial charge in [0.05, 0.1) is 0 Å². The first kappa shape index (κ1) is 14.6. The maximum Gasteiger partial charge on any atom is 0.193 e. The van der Waals surface area contributed by atoms with Gasteiger partial charge in [-0.05, 0) is 31.4 Å². The molecule has 1 aliphatic heterocycles. The summed E-state index contributed by atoms with van der Waals surface area (Å²) in [4.78, 5) is 15.0. The van der Waals surface area contributed by atoms with E-state index in [0.717, 1.165) is 29.8 Å². The Hall–Kier alpha value is -2.35. The van der Waals surface area contributed by atoms with E-state index in [0.29, 0.717) is 0 Å². The average Bonchev–Trinajstić information content (AvgIpc) is 3.10. The van der Waals surface area contributed by atoms with Crippen molar-refractivity contribution in [2.75, 3.05) is 13.1 Å². The molecule has 0 aromatic heterocycles. The number of hydrogen-bond donors (Lipinski definition) is 0. The Morgan fingerprint density at radius 3 is 2.23 bits per heavy atom. The van der Waals surface area contributed by atoms with Gasteiger partial charge in [0.25, 0.3) is 0 Å². The molecule has 112 valence electrons. The Morgan fingerprint density at radius 1 is 0.909 bits per heavy atom. The Bertz CT molecular complexity index is 682. The SMILES string of the molecule is C/C=C(\c1cccc(C(=O)c2ccccc2)c1)N1CCCC1. The summed E-state index contributed by atoms with van der Waals surface area (Å²) in [5.74, 6) is 0.0827. The summed E-state index contributed by atoms with van der Waals surface area (Å²) in [5, 5.41) is 0. The number of ketones is 1. The van der Waals surface area contributed by atoms with Crippen LogP contribution >= 0.6 is 0 Å². The minimum Gasteiger partial charge on any atom is -0.371 e. The summed E-state index contributed by atoms with van der Waals surface area (Å²) in [5.41, 5.74) is 3.86. The first-order chi connectivity index (χ1) is 10.8. The molecule has 2 heteroatoms. The Labute approximate surface area is 132 Å². The van der Waals surface area contributed by atoms with Gasteiger partial charge in [0.15, 0.2) is 5.78 Å².